The molecule has 0 spiro atoms. The van der Waals surface area contributed by atoms with Gasteiger partial charge in [0.1, 0.15) is 5.82 Å². The minimum Gasteiger partial charge on any atom is -0.327 e. The fraction of sp³-hybridized carbons (Fsp3) is 0.571. The predicted molar refractivity (Wildman–Crippen MR) is 75.8 cm³/mol. The van der Waals surface area contributed by atoms with E-state index in [0.29, 0.717) is 10.5 Å². The molecule has 2 N–H and O–H groups in total. The summed E-state index contributed by atoms with van der Waals surface area (Å²) < 4.78 is 14.1. The first-order valence-corrected chi connectivity index (χ1v) is 7.31. The molecule has 0 amide bonds. The van der Waals surface area contributed by atoms with Crippen LogP contribution < -0.4 is 5.73 Å². The summed E-state index contributed by atoms with van der Waals surface area (Å²) in [5, 5.41) is 0. The molecular weight excluding hydrogens is 295 g/mol. The summed E-state index contributed by atoms with van der Waals surface area (Å²) in [5.74, 6) is -0.193. The maximum atomic E-state index is 13.5. The molecule has 1 fully saturated rings. The lowest BCUT2D eigenvalue weighted by atomic mass is 9.96. The fourth-order valence-corrected chi connectivity index (χ4v) is 3.09. The molecule has 1 aliphatic rings. The second-order valence-corrected chi connectivity index (χ2v) is 5.90. The van der Waals surface area contributed by atoms with Crippen molar-refractivity contribution in [2.45, 2.75) is 44.8 Å². The summed E-state index contributed by atoms with van der Waals surface area (Å²) in [6.07, 6.45) is 3.59. The number of rotatable bonds is 3. The molecule has 2 atom stereocenters. The van der Waals surface area contributed by atoms with E-state index in [0.717, 1.165) is 25.1 Å². The summed E-state index contributed by atoms with van der Waals surface area (Å²) in [5.41, 5.74) is 7.05. The molecule has 1 aliphatic heterocycles. The normalized spacial score (nSPS) is 23.0. The van der Waals surface area contributed by atoms with Crippen LogP contribution in [0.25, 0.3) is 0 Å². The van der Waals surface area contributed by atoms with Gasteiger partial charge in [-0.05, 0) is 53.9 Å². The topological polar surface area (TPSA) is 29.3 Å². The highest BCUT2D eigenvalue weighted by Crippen LogP contribution is 2.26. The molecule has 100 valence electrons. The van der Waals surface area contributed by atoms with Gasteiger partial charge in [0.15, 0.2) is 0 Å². The molecule has 0 aromatic heterocycles. The van der Waals surface area contributed by atoms with Crippen LogP contribution in [0.4, 0.5) is 4.39 Å². The van der Waals surface area contributed by atoms with Crippen LogP contribution in [0.3, 0.4) is 0 Å². The smallest absolute Gasteiger partial charge is 0.137 e. The van der Waals surface area contributed by atoms with Crippen molar-refractivity contribution in [3.8, 4) is 0 Å². The van der Waals surface area contributed by atoms with E-state index in [1.54, 1.807) is 6.07 Å². The van der Waals surface area contributed by atoms with Crippen LogP contribution in [0.1, 0.15) is 31.7 Å². The third-order valence-electron chi connectivity index (χ3n) is 3.68. The summed E-state index contributed by atoms with van der Waals surface area (Å²) in [6.45, 7) is 3.88. The number of piperidine rings is 1. The molecule has 1 aromatic rings. The molecule has 2 unspecified atom stereocenters. The Labute approximate surface area is 116 Å². The van der Waals surface area contributed by atoms with Crippen molar-refractivity contribution in [2.75, 3.05) is 6.54 Å². The lowest BCUT2D eigenvalue weighted by Gasteiger charge is -2.38. The van der Waals surface area contributed by atoms with Crippen molar-refractivity contribution in [3.05, 3.63) is 34.1 Å². The summed E-state index contributed by atoms with van der Waals surface area (Å²) in [6, 6.07) is 5.79. The average molecular weight is 315 g/mol. The molecule has 1 heterocycles. The lowest BCUT2D eigenvalue weighted by molar-refractivity contribution is 0.122. The van der Waals surface area contributed by atoms with Crippen LogP contribution in [0.15, 0.2) is 22.7 Å². The van der Waals surface area contributed by atoms with Crippen LogP contribution >= 0.6 is 15.9 Å². The zero-order chi connectivity index (χ0) is 13.1. The highest BCUT2D eigenvalue weighted by Gasteiger charge is 2.25. The molecule has 18 heavy (non-hydrogen) atoms. The Morgan fingerprint density at radius 2 is 2.28 bits per heavy atom. The van der Waals surface area contributed by atoms with Crippen molar-refractivity contribution >= 4 is 15.9 Å². The van der Waals surface area contributed by atoms with Crippen LogP contribution in [0, 0.1) is 5.82 Å². The van der Waals surface area contributed by atoms with Gasteiger partial charge in [-0.3, -0.25) is 4.90 Å². The molecule has 2 rings (SSSR count). The number of benzene rings is 1. The quantitative estimate of drug-likeness (QED) is 0.927. The van der Waals surface area contributed by atoms with Gasteiger partial charge >= 0.3 is 0 Å². The van der Waals surface area contributed by atoms with E-state index in [9.17, 15) is 4.39 Å². The van der Waals surface area contributed by atoms with Gasteiger partial charge in [0, 0.05) is 18.6 Å². The number of hydrogen-bond acceptors (Lipinski definition) is 2. The van der Waals surface area contributed by atoms with E-state index in [2.05, 4.69) is 27.8 Å². The Morgan fingerprint density at radius 3 is 3.00 bits per heavy atom. The van der Waals surface area contributed by atoms with Gasteiger partial charge in [-0.15, -0.1) is 0 Å². The lowest BCUT2D eigenvalue weighted by Crippen LogP contribution is -2.48. The maximum Gasteiger partial charge on any atom is 0.137 e. The fourth-order valence-electron chi connectivity index (χ4n) is 2.70. The van der Waals surface area contributed by atoms with Gasteiger partial charge in [0.2, 0.25) is 0 Å². The predicted octanol–water partition coefficient (Wildman–Crippen LogP) is 3.29. The van der Waals surface area contributed by atoms with Gasteiger partial charge in [-0.25, -0.2) is 4.39 Å². The van der Waals surface area contributed by atoms with Crippen LogP contribution in [0.5, 0.6) is 0 Å². The van der Waals surface area contributed by atoms with E-state index in [-0.39, 0.29) is 11.9 Å². The molecule has 2 nitrogen and oxygen atoms in total. The zero-order valence-corrected chi connectivity index (χ0v) is 12.3. The number of likely N-dealkylation sites (tertiary alicyclic amines) is 1. The Kier molecular flexibility index (Phi) is 4.76. The largest absolute Gasteiger partial charge is 0.327 e. The van der Waals surface area contributed by atoms with Crippen molar-refractivity contribution < 1.29 is 4.39 Å². The number of hydrogen-bond donors (Lipinski definition) is 1. The molecule has 1 aromatic carbocycles. The highest BCUT2D eigenvalue weighted by molar-refractivity contribution is 9.10. The average Bonchev–Trinajstić information content (AvgIpc) is 2.35. The van der Waals surface area contributed by atoms with E-state index >= 15 is 0 Å². The van der Waals surface area contributed by atoms with Crippen molar-refractivity contribution in [3.63, 3.8) is 0 Å². The van der Waals surface area contributed by atoms with Gasteiger partial charge in [0.05, 0.1) is 4.47 Å². The summed E-state index contributed by atoms with van der Waals surface area (Å²) in [7, 11) is 0. The van der Waals surface area contributed by atoms with Crippen LogP contribution in [-0.2, 0) is 6.54 Å². The zero-order valence-electron chi connectivity index (χ0n) is 10.7. The first kappa shape index (κ1) is 14.0. The molecule has 4 heteroatoms. The Balaban J connectivity index is 2.13. The van der Waals surface area contributed by atoms with Crippen molar-refractivity contribution in [1.82, 2.24) is 4.90 Å². The highest BCUT2D eigenvalue weighted by atomic mass is 79.9. The van der Waals surface area contributed by atoms with Crippen LogP contribution in [0.2, 0.25) is 0 Å². The first-order valence-electron chi connectivity index (χ1n) is 6.52. The molecule has 0 saturated carbocycles. The Morgan fingerprint density at radius 1 is 1.50 bits per heavy atom. The number of nitrogens with two attached hydrogens (primary N) is 1. The molecule has 0 radical (unpaired) electrons. The van der Waals surface area contributed by atoms with E-state index in [4.69, 9.17) is 5.73 Å². The van der Waals surface area contributed by atoms with E-state index < -0.39 is 0 Å². The van der Waals surface area contributed by atoms with Gasteiger partial charge in [0.25, 0.3) is 0 Å². The minimum atomic E-state index is -0.193. The summed E-state index contributed by atoms with van der Waals surface area (Å²) >= 11 is 3.33. The second kappa shape index (κ2) is 6.13. The van der Waals surface area contributed by atoms with E-state index in [1.807, 2.05) is 6.07 Å². The van der Waals surface area contributed by atoms with Gasteiger partial charge in [-0.1, -0.05) is 18.6 Å². The maximum absolute atomic E-state index is 13.5. The molecule has 1 saturated heterocycles. The SMILES string of the molecule is CC(N)C1CCCCN1Cc1cccc(F)c1Br. The Bertz CT molecular complexity index is 409. The van der Waals surface area contributed by atoms with Gasteiger partial charge in [-0.2, -0.15) is 0 Å². The number of nitrogens with zero attached hydrogens (tertiary/aromatic N) is 1. The standard InChI is InChI=1S/C14H20BrFN2/c1-10(17)13-7-2-3-8-18(13)9-11-5-4-6-12(16)14(11)15/h4-6,10,13H,2-3,7-9,17H2,1H3. The van der Waals surface area contributed by atoms with E-state index in [1.165, 1.54) is 18.9 Å². The minimum absolute atomic E-state index is 0.164. The van der Waals surface area contributed by atoms with Crippen LogP contribution in [-0.4, -0.2) is 23.5 Å². The first-order chi connectivity index (χ1) is 8.59. The Hall–Kier alpha value is -0.450. The third kappa shape index (κ3) is 3.11. The van der Waals surface area contributed by atoms with Crippen molar-refractivity contribution in [1.29, 1.82) is 0 Å². The number of halogens is 2. The monoisotopic (exact) mass is 314 g/mol. The third-order valence-corrected chi connectivity index (χ3v) is 4.56. The summed E-state index contributed by atoms with van der Waals surface area (Å²) in [4.78, 5) is 2.38. The molecule has 0 aliphatic carbocycles. The molecule has 0 bridgehead atoms. The molecular formula is C14H20BrFN2. The van der Waals surface area contributed by atoms with Crippen molar-refractivity contribution in [2.24, 2.45) is 5.73 Å². The van der Waals surface area contributed by atoms with Gasteiger partial charge < -0.3 is 5.73 Å². The second-order valence-electron chi connectivity index (χ2n) is 5.11.